The molecule has 0 aliphatic carbocycles. The number of ether oxygens (including phenoxy) is 1. The van der Waals surface area contributed by atoms with Crippen LogP contribution in [0.25, 0.3) is 0 Å². The van der Waals surface area contributed by atoms with Gasteiger partial charge in [0.1, 0.15) is 0 Å². The van der Waals surface area contributed by atoms with Crippen molar-refractivity contribution in [1.82, 2.24) is 0 Å². The molecular weight excluding hydrogens is 406 g/mol. The van der Waals surface area contributed by atoms with Crippen LogP contribution in [0.15, 0.2) is 0 Å². The first-order valence-corrected chi connectivity index (χ1v) is 8.43. The fourth-order valence-corrected chi connectivity index (χ4v) is 2.41. The molecule has 0 spiro atoms. The van der Waals surface area contributed by atoms with E-state index in [1.165, 1.54) is 52.1 Å². The van der Waals surface area contributed by atoms with E-state index < -0.39 is 5.97 Å². The third-order valence-corrected chi connectivity index (χ3v) is 3.74. The van der Waals surface area contributed by atoms with Gasteiger partial charge < -0.3 is 14.6 Å². The number of carbonyl (C=O) groups excluding carboxylic acids is 2. The number of methoxy groups -OCH3 is 1. The minimum absolute atomic E-state index is 0. The number of hydrogen-bond acceptors (Lipinski definition) is 4. The van der Waals surface area contributed by atoms with Crippen molar-refractivity contribution in [2.24, 2.45) is 0 Å². The summed E-state index contributed by atoms with van der Waals surface area (Å²) in [4.78, 5) is 21.1. The summed E-state index contributed by atoms with van der Waals surface area (Å²) < 4.78 is 4.60. The van der Waals surface area contributed by atoms with E-state index in [1.54, 1.807) is 0 Å². The van der Waals surface area contributed by atoms with Crippen LogP contribution in [-0.2, 0) is 14.3 Å². The number of carboxylic acids is 1. The molecule has 0 atom stereocenters. The quantitative estimate of drug-likeness (QED) is 0.225. The smallest absolute Gasteiger partial charge is 0.550 e. The molecule has 0 N–H and O–H groups in total. The number of unbranched alkanes of at least 4 members (excludes halogenated alkanes) is 11. The van der Waals surface area contributed by atoms with E-state index in [1.807, 2.05) is 0 Å². The minimum atomic E-state index is -0.929. The van der Waals surface area contributed by atoms with Crippen LogP contribution in [0.1, 0.15) is 89.9 Å². The van der Waals surface area contributed by atoms with Crippen LogP contribution in [0.2, 0.25) is 0 Å². The van der Waals surface area contributed by atoms with Crippen LogP contribution >= 0.6 is 0 Å². The molecule has 0 fully saturated rings. The third kappa shape index (κ3) is 20.5. The molecule has 0 aromatic carbocycles. The van der Waals surface area contributed by atoms with E-state index in [4.69, 9.17) is 0 Å². The molecule has 0 amide bonds. The minimum Gasteiger partial charge on any atom is -0.550 e. The number of rotatable bonds is 15. The first kappa shape index (κ1) is 24.8. The van der Waals surface area contributed by atoms with Gasteiger partial charge in [-0.1, -0.05) is 64.2 Å². The topological polar surface area (TPSA) is 66.4 Å². The summed E-state index contributed by atoms with van der Waals surface area (Å²) in [7, 11) is 1.44. The normalized spacial score (nSPS) is 10.0. The number of hydrogen-bond donors (Lipinski definition) is 0. The molecule has 0 aromatic rings. The fraction of sp³-hybridized carbons (Fsp3) is 0.882. The van der Waals surface area contributed by atoms with Gasteiger partial charge >= 0.3 is 54.9 Å². The fourth-order valence-electron chi connectivity index (χ4n) is 2.41. The maximum atomic E-state index is 10.9. The molecular formula is C17H31BaO4. The summed E-state index contributed by atoms with van der Waals surface area (Å²) in [6.07, 6.45) is 14.5. The molecule has 0 bridgehead atoms. The van der Waals surface area contributed by atoms with Gasteiger partial charge in [0.05, 0.1) is 7.11 Å². The zero-order valence-electron chi connectivity index (χ0n) is 14.2. The molecule has 1 radical (unpaired) electrons. The molecule has 0 rings (SSSR count). The predicted molar refractivity (Wildman–Crippen MR) is 87.4 cm³/mol. The average Bonchev–Trinajstić information content (AvgIpc) is 2.46. The van der Waals surface area contributed by atoms with Crippen LogP contribution in [0, 0.1) is 0 Å². The Hall–Kier alpha value is 0.511. The van der Waals surface area contributed by atoms with Crippen LogP contribution in [-0.4, -0.2) is 67.9 Å². The Morgan fingerprint density at radius 3 is 1.32 bits per heavy atom. The summed E-state index contributed by atoms with van der Waals surface area (Å²) in [5.41, 5.74) is 0. The molecule has 125 valence electrons. The SMILES string of the molecule is COC(=O)CCCCCCCCCCCCCCC(=O)[O-].[Ba+]. The largest absolute Gasteiger partial charge is 1.00 e. The van der Waals surface area contributed by atoms with Gasteiger partial charge in [-0.2, -0.15) is 0 Å². The maximum Gasteiger partial charge on any atom is 1.00 e. The Morgan fingerprint density at radius 2 is 1.00 bits per heavy atom. The van der Waals surface area contributed by atoms with Gasteiger partial charge in [-0.3, -0.25) is 4.79 Å². The van der Waals surface area contributed by atoms with E-state index in [-0.39, 0.29) is 61.3 Å². The van der Waals surface area contributed by atoms with Crippen LogP contribution < -0.4 is 5.11 Å². The van der Waals surface area contributed by atoms with Crippen LogP contribution in [0.3, 0.4) is 0 Å². The van der Waals surface area contributed by atoms with Gasteiger partial charge in [0.2, 0.25) is 0 Å². The second-order valence-electron chi connectivity index (χ2n) is 5.69. The monoisotopic (exact) mass is 437 g/mol. The molecule has 0 aromatic heterocycles. The van der Waals surface area contributed by atoms with Crippen molar-refractivity contribution in [3.8, 4) is 0 Å². The number of aliphatic carboxylic acids is 1. The van der Waals surface area contributed by atoms with E-state index in [0.717, 1.165) is 32.1 Å². The summed E-state index contributed by atoms with van der Waals surface area (Å²) in [6, 6.07) is 0. The second kappa shape index (κ2) is 19.6. The van der Waals surface area contributed by atoms with Gasteiger partial charge in [-0.05, 0) is 19.3 Å². The molecule has 0 heterocycles. The molecule has 0 unspecified atom stereocenters. The Kier molecular flexibility index (Phi) is 22.0. The van der Waals surface area contributed by atoms with Gasteiger partial charge in [0, 0.05) is 12.4 Å². The summed E-state index contributed by atoms with van der Waals surface area (Å²) in [5, 5.41) is 10.2. The number of esters is 1. The zero-order chi connectivity index (χ0) is 15.8. The zero-order valence-corrected chi connectivity index (χ0v) is 18.7. The van der Waals surface area contributed by atoms with E-state index in [9.17, 15) is 14.7 Å². The molecule has 0 saturated heterocycles. The molecule has 0 saturated carbocycles. The standard InChI is InChI=1S/C17H32O4.Ba/c1-21-17(20)15-13-11-9-7-5-3-2-4-6-8-10-12-14-16(18)19;/h2-15H2,1H3,(H,18,19);/q;+1/p-1. The van der Waals surface area contributed by atoms with E-state index in [2.05, 4.69) is 4.74 Å². The van der Waals surface area contributed by atoms with Gasteiger partial charge in [-0.15, -0.1) is 0 Å². The van der Waals surface area contributed by atoms with Gasteiger partial charge in [0.15, 0.2) is 0 Å². The second-order valence-corrected chi connectivity index (χ2v) is 5.69. The van der Waals surface area contributed by atoms with Crippen LogP contribution in [0.4, 0.5) is 0 Å². The summed E-state index contributed by atoms with van der Waals surface area (Å²) in [5.74, 6) is -1.03. The molecule has 0 aliphatic heterocycles. The predicted octanol–water partition coefficient (Wildman–Crippen LogP) is 2.99. The third-order valence-electron chi connectivity index (χ3n) is 3.74. The number of carbonyl (C=O) groups is 2. The van der Waals surface area contributed by atoms with Crippen molar-refractivity contribution in [3.05, 3.63) is 0 Å². The van der Waals surface area contributed by atoms with Gasteiger partial charge in [0.25, 0.3) is 0 Å². The number of carboxylic acid groups (broad SMARTS) is 1. The Bertz CT molecular complexity index is 269. The van der Waals surface area contributed by atoms with E-state index in [0.29, 0.717) is 6.42 Å². The Morgan fingerprint density at radius 1 is 0.682 bits per heavy atom. The van der Waals surface area contributed by atoms with Crippen molar-refractivity contribution in [1.29, 1.82) is 0 Å². The Balaban J connectivity index is 0. The van der Waals surface area contributed by atoms with Crippen molar-refractivity contribution in [2.75, 3.05) is 7.11 Å². The average molecular weight is 437 g/mol. The molecule has 5 heteroatoms. The molecule has 0 aliphatic rings. The summed E-state index contributed by atoms with van der Waals surface area (Å²) >= 11 is 0. The Labute approximate surface area is 175 Å². The van der Waals surface area contributed by atoms with Crippen LogP contribution in [0.5, 0.6) is 0 Å². The molecule has 22 heavy (non-hydrogen) atoms. The molecule has 4 nitrogen and oxygen atoms in total. The van der Waals surface area contributed by atoms with Crippen molar-refractivity contribution in [2.45, 2.75) is 89.9 Å². The summed E-state index contributed by atoms with van der Waals surface area (Å²) in [6.45, 7) is 0. The van der Waals surface area contributed by atoms with E-state index >= 15 is 0 Å². The van der Waals surface area contributed by atoms with Gasteiger partial charge in [-0.25, -0.2) is 0 Å². The van der Waals surface area contributed by atoms with Crippen molar-refractivity contribution >= 4 is 60.8 Å². The van der Waals surface area contributed by atoms with Crippen molar-refractivity contribution in [3.63, 3.8) is 0 Å². The first-order chi connectivity index (χ1) is 10.2. The first-order valence-electron chi connectivity index (χ1n) is 8.43. The van der Waals surface area contributed by atoms with Crippen molar-refractivity contribution < 1.29 is 19.4 Å². The maximum absolute atomic E-state index is 10.9.